The number of nitrogens with one attached hydrogen (secondary N) is 2. The van der Waals surface area contributed by atoms with Crippen LogP contribution in [-0.2, 0) is 6.54 Å². The highest BCUT2D eigenvalue weighted by molar-refractivity contribution is 5.80. The molecule has 3 rings (SSSR count). The molecule has 1 unspecified atom stereocenters. The lowest BCUT2D eigenvalue weighted by atomic mass is 10.1. The Balaban J connectivity index is 1.69. The number of aromatic hydroxyl groups is 1. The number of hydrogen-bond acceptors (Lipinski definition) is 5. The van der Waals surface area contributed by atoms with Crippen molar-refractivity contribution >= 4 is 11.6 Å². The predicted molar refractivity (Wildman–Crippen MR) is 121 cm³/mol. The second-order valence-electron chi connectivity index (χ2n) is 7.31. The van der Waals surface area contributed by atoms with Crippen LogP contribution in [-0.4, -0.2) is 51.0 Å². The van der Waals surface area contributed by atoms with Crippen molar-refractivity contribution < 1.29 is 14.6 Å². The van der Waals surface area contributed by atoms with Crippen LogP contribution in [0.25, 0.3) is 0 Å². The normalized spacial score (nSPS) is 16.8. The summed E-state index contributed by atoms with van der Waals surface area (Å²) in [5.41, 5.74) is 2.16. The van der Waals surface area contributed by atoms with Gasteiger partial charge < -0.3 is 30.1 Å². The maximum absolute atomic E-state index is 10.1. The van der Waals surface area contributed by atoms with E-state index in [0.29, 0.717) is 24.1 Å². The molecule has 0 spiro atoms. The molecule has 0 amide bonds. The standard InChI is InChI=1S/C23H32N4O3/c1-4-24-23(25-15-17-13-20(29-2)22(28)21(14-17)30-3)26-18-9-8-12-27(16-18)19-10-6-5-7-11-19/h5-7,10-11,13-14,18,28H,4,8-9,12,15-16H2,1-3H3,(H2,24,25,26). The van der Waals surface area contributed by atoms with Crippen molar-refractivity contribution in [2.45, 2.75) is 32.4 Å². The van der Waals surface area contributed by atoms with Crippen LogP contribution in [0.5, 0.6) is 17.2 Å². The van der Waals surface area contributed by atoms with Crippen molar-refractivity contribution in [2.75, 3.05) is 38.8 Å². The summed E-state index contributed by atoms with van der Waals surface area (Å²) in [6.45, 7) is 5.29. The molecular weight excluding hydrogens is 380 g/mol. The highest BCUT2D eigenvalue weighted by Gasteiger charge is 2.21. The third-order valence-electron chi connectivity index (χ3n) is 5.19. The van der Waals surface area contributed by atoms with Crippen LogP contribution in [0.15, 0.2) is 47.5 Å². The van der Waals surface area contributed by atoms with E-state index in [1.165, 1.54) is 19.9 Å². The molecule has 0 radical (unpaired) electrons. The van der Waals surface area contributed by atoms with Gasteiger partial charge in [-0.1, -0.05) is 18.2 Å². The monoisotopic (exact) mass is 412 g/mol. The predicted octanol–water partition coefficient (Wildman–Crippen LogP) is 3.13. The lowest BCUT2D eigenvalue weighted by Gasteiger charge is -2.35. The summed E-state index contributed by atoms with van der Waals surface area (Å²) < 4.78 is 10.5. The van der Waals surface area contributed by atoms with Crippen molar-refractivity contribution in [2.24, 2.45) is 4.99 Å². The highest BCUT2D eigenvalue weighted by atomic mass is 16.5. The van der Waals surface area contributed by atoms with Gasteiger partial charge in [0.1, 0.15) is 0 Å². The smallest absolute Gasteiger partial charge is 0.200 e. The van der Waals surface area contributed by atoms with E-state index >= 15 is 0 Å². The van der Waals surface area contributed by atoms with Gasteiger partial charge in [-0.3, -0.25) is 0 Å². The third-order valence-corrected chi connectivity index (χ3v) is 5.19. The molecule has 3 N–H and O–H groups in total. The average molecular weight is 413 g/mol. The number of phenolic OH excluding ortho intramolecular Hbond substituents is 1. The molecule has 1 heterocycles. The second-order valence-corrected chi connectivity index (χ2v) is 7.31. The van der Waals surface area contributed by atoms with Gasteiger partial charge in [-0.05, 0) is 49.6 Å². The molecule has 7 nitrogen and oxygen atoms in total. The first-order valence-electron chi connectivity index (χ1n) is 10.4. The minimum Gasteiger partial charge on any atom is -0.502 e. The van der Waals surface area contributed by atoms with Crippen molar-refractivity contribution in [3.05, 3.63) is 48.0 Å². The van der Waals surface area contributed by atoms with E-state index < -0.39 is 0 Å². The van der Waals surface area contributed by atoms with Crippen LogP contribution >= 0.6 is 0 Å². The Bertz CT molecular complexity index is 817. The number of ether oxygens (including phenoxy) is 2. The molecule has 1 atom stereocenters. The summed E-state index contributed by atoms with van der Waals surface area (Å²) in [6, 6.07) is 14.4. The van der Waals surface area contributed by atoms with E-state index in [1.807, 2.05) is 6.07 Å². The van der Waals surface area contributed by atoms with E-state index in [2.05, 4.69) is 46.7 Å². The molecule has 30 heavy (non-hydrogen) atoms. The van der Waals surface area contributed by atoms with Crippen molar-refractivity contribution in [1.82, 2.24) is 10.6 Å². The summed E-state index contributed by atoms with van der Waals surface area (Å²) in [7, 11) is 3.05. The largest absolute Gasteiger partial charge is 0.502 e. The fourth-order valence-corrected chi connectivity index (χ4v) is 3.69. The third kappa shape index (κ3) is 5.49. The summed E-state index contributed by atoms with van der Waals surface area (Å²) >= 11 is 0. The maximum atomic E-state index is 10.1. The molecule has 1 aliphatic heterocycles. The SMILES string of the molecule is CCNC(=NCc1cc(OC)c(O)c(OC)c1)NC1CCCN(c2ccccc2)C1. The molecule has 1 aliphatic rings. The summed E-state index contributed by atoms with van der Waals surface area (Å²) in [5.74, 6) is 1.54. The summed E-state index contributed by atoms with van der Waals surface area (Å²) in [5, 5.41) is 17.0. The molecule has 0 bridgehead atoms. The number of benzene rings is 2. The van der Waals surface area contributed by atoms with Gasteiger partial charge in [0.2, 0.25) is 5.75 Å². The Hall–Kier alpha value is -3.09. The number of piperidine rings is 1. The molecule has 0 saturated carbocycles. The molecule has 0 aliphatic carbocycles. The molecule has 1 saturated heterocycles. The Kier molecular flexibility index (Phi) is 7.65. The fourth-order valence-electron chi connectivity index (χ4n) is 3.69. The number of hydrogen-bond donors (Lipinski definition) is 3. The molecule has 0 aromatic heterocycles. The number of aliphatic imine (C=N–C) groups is 1. The molecule has 162 valence electrons. The summed E-state index contributed by atoms with van der Waals surface area (Å²) in [4.78, 5) is 7.16. The Labute approximate surface area is 178 Å². The highest BCUT2D eigenvalue weighted by Crippen LogP contribution is 2.37. The first-order valence-corrected chi connectivity index (χ1v) is 10.4. The van der Waals surface area contributed by atoms with Gasteiger partial charge in [0.15, 0.2) is 17.5 Å². The Morgan fingerprint density at radius 3 is 2.50 bits per heavy atom. The zero-order chi connectivity index (χ0) is 21.3. The second kappa shape index (κ2) is 10.6. The van der Waals surface area contributed by atoms with Crippen LogP contribution < -0.4 is 25.0 Å². The molecule has 2 aromatic carbocycles. The number of methoxy groups -OCH3 is 2. The Morgan fingerprint density at radius 2 is 1.87 bits per heavy atom. The van der Waals surface area contributed by atoms with Crippen molar-refractivity contribution in [1.29, 1.82) is 0 Å². The van der Waals surface area contributed by atoms with Crippen LogP contribution in [0.1, 0.15) is 25.3 Å². The number of rotatable bonds is 7. The maximum Gasteiger partial charge on any atom is 0.200 e. The van der Waals surface area contributed by atoms with Crippen LogP contribution in [0.2, 0.25) is 0 Å². The van der Waals surface area contributed by atoms with E-state index in [1.54, 1.807) is 12.1 Å². The topological polar surface area (TPSA) is 78.4 Å². The average Bonchev–Trinajstić information content (AvgIpc) is 2.79. The summed E-state index contributed by atoms with van der Waals surface area (Å²) in [6.07, 6.45) is 2.24. The van der Waals surface area contributed by atoms with Gasteiger partial charge in [0.05, 0.1) is 20.8 Å². The van der Waals surface area contributed by atoms with E-state index in [9.17, 15) is 5.11 Å². The van der Waals surface area contributed by atoms with Crippen LogP contribution in [0, 0.1) is 0 Å². The number of para-hydroxylation sites is 1. The van der Waals surface area contributed by atoms with Crippen molar-refractivity contribution in [3.63, 3.8) is 0 Å². The minimum absolute atomic E-state index is 0.000898. The molecule has 1 fully saturated rings. The Morgan fingerprint density at radius 1 is 1.17 bits per heavy atom. The van der Waals surface area contributed by atoms with E-state index in [-0.39, 0.29) is 5.75 Å². The molecule has 2 aromatic rings. The zero-order valence-corrected chi connectivity index (χ0v) is 18.0. The van der Waals surface area contributed by atoms with Gasteiger partial charge in [-0.2, -0.15) is 0 Å². The van der Waals surface area contributed by atoms with E-state index in [4.69, 9.17) is 14.5 Å². The van der Waals surface area contributed by atoms with Gasteiger partial charge in [0.25, 0.3) is 0 Å². The zero-order valence-electron chi connectivity index (χ0n) is 18.0. The van der Waals surface area contributed by atoms with Crippen LogP contribution in [0.3, 0.4) is 0 Å². The van der Waals surface area contributed by atoms with Gasteiger partial charge >= 0.3 is 0 Å². The quantitative estimate of drug-likeness (QED) is 0.479. The number of phenols is 1. The van der Waals surface area contributed by atoms with E-state index in [0.717, 1.165) is 44.0 Å². The van der Waals surface area contributed by atoms with Crippen molar-refractivity contribution in [3.8, 4) is 17.2 Å². The lowest BCUT2D eigenvalue weighted by Crippen LogP contribution is -2.51. The van der Waals surface area contributed by atoms with Gasteiger partial charge in [-0.25, -0.2) is 4.99 Å². The van der Waals surface area contributed by atoms with Gasteiger partial charge in [0, 0.05) is 31.4 Å². The number of anilines is 1. The van der Waals surface area contributed by atoms with Gasteiger partial charge in [-0.15, -0.1) is 0 Å². The first kappa shape index (κ1) is 21.6. The van der Waals surface area contributed by atoms with Crippen LogP contribution in [0.4, 0.5) is 5.69 Å². The molecule has 7 heteroatoms. The first-order chi connectivity index (χ1) is 14.6. The minimum atomic E-state index is 0.000898. The number of nitrogens with zero attached hydrogens (tertiary/aromatic N) is 2. The fraction of sp³-hybridized carbons (Fsp3) is 0.435. The number of guanidine groups is 1. The lowest BCUT2D eigenvalue weighted by molar-refractivity contribution is 0.339. The molecular formula is C23H32N4O3.